The van der Waals surface area contributed by atoms with Crippen molar-refractivity contribution in [2.45, 2.75) is 64.0 Å². The predicted octanol–water partition coefficient (Wildman–Crippen LogP) is 3.18. The minimum absolute atomic E-state index is 0.224. The molecule has 0 saturated heterocycles. The molecule has 2 N–H and O–H groups in total. The summed E-state index contributed by atoms with van der Waals surface area (Å²) in [5, 5.41) is 0. The van der Waals surface area contributed by atoms with Gasteiger partial charge in [0.15, 0.2) is 0 Å². The van der Waals surface area contributed by atoms with E-state index in [2.05, 4.69) is 39.4 Å². The van der Waals surface area contributed by atoms with Crippen molar-refractivity contribution in [3.63, 3.8) is 0 Å². The monoisotopic (exact) mass is 238 g/mol. The Balaban J connectivity index is 2.67. The molecular weight excluding hydrogens is 208 g/mol. The van der Waals surface area contributed by atoms with Crippen molar-refractivity contribution in [2.24, 2.45) is 11.7 Å². The van der Waals surface area contributed by atoms with E-state index in [9.17, 15) is 0 Å². The Morgan fingerprint density at radius 1 is 1.41 bits per heavy atom. The maximum atomic E-state index is 6.50. The average molecular weight is 238 g/mol. The maximum absolute atomic E-state index is 6.50. The van der Waals surface area contributed by atoms with Crippen molar-refractivity contribution >= 4 is 0 Å². The van der Waals surface area contributed by atoms with E-state index < -0.39 is 0 Å². The second-order valence-corrected chi connectivity index (χ2v) is 6.28. The lowest BCUT2D eigenvalue weighted by molar-refractivity contribution is 0.0541. The van der Waals surface area contributed by atoms with Gasteiger partial charge in [0.25, 0.3) is 0 Å². The van der Waals surface area contributed by atoms with Crippen LogP contribution in [0.15, 0.2) is 12.2 Å². The quantitative estimate of drug-likeness (QED) is 0.745. The molecule has 1 rings (SSSR count). The highest BCUT2D eigenvalue weighted by Gasteiger charge is 2.40. The Kier molecular flexibility index (Phi) is 5.21. The maximum Gasteiger partial charge on any atom is 0.0354 e. The van der Waals surface area contributed by atoms with E-state index in [1.165, 1.54) is 31.3 Å². The van der Waals surface area contributed by atoms with Gasteiger partial charge in [-0.1, -0.05) is 12.5 Å². The zero-order valence-corrected chi connectivity index (χ0v) is 12.1. The van der Waals surface area contributed by atoms with E-state index in [1.807, 2.05) is 0 Å². The molecule has 0 amide bonds. The number of hydrogen-bond donors (Lipinski definition) is 1. The third-order valence-corrected chi connectivity index (χ3v) is 4.60. The van der Waals surface area contributed by atoms with Gasteiger partial charge in [-0.05, 0) is 65.5 Å². The second-order valence-electron chi connectivity index (χ2n) is 6.28. The van der Waals surface area contributed by atoms with E-state index in [0.717, 1.165) is 18.8 Å². The lowest BCUT2D eigenvalue weighted by Crippen LogP contribution is -2.58. The van der Waals surface area contributed by atoms with Crippen molar-refractivity contribution in [3.05, 3.63) is 12.2 Å². The average Bonchev–Trinajstić information content (AvgIpc) is 2.26. The highest BCUT2D eigenvalue weighted by atomic mass is 15.2. The summed E-state index contributed by atoms with van der Waals surface area (Å²) in [4.78, 5) is 2.38. The van der Waals surface area contributed by atoms with E-state index in [0.29, 0.717) is 0 Å². The summed E-state index contributed by atoms with van der Waals surface area (Å²) in [6.45, 7) is 8.44. The Morgan fingerprint density at radius 3 is 2.35 bits per heavy atom. The molecule has 1 aliphatic rings. The van der Waals surface area contributed by atoms with E-state index in [1.54, 1.807) is 0 Å². The number of likely N-dealkylation sites (N-methyl/N-ethyl adjacent to an activating group) is 1. The SMILES string of the molecule is C=C(C)CCC(N)C1(N(C)C)CCC(C)CC1. The zero-order chi connectivity index (χ0) is 13.1. The van der Waals surface area contributed by atoms with Crippen LogP contribution in [0.5, 0.6) is 0 Å². The number of allylic oxidation sites excluding steroid dienone is 1. The molecule has 0 spiro atoms. The highest BCUT2D eigenvalue weighted by Crippen LogP contribution is 2.38. The van der Waals surface area contributed by atoms with Crippen LogP contribution in [0.3, 0.4) is 0 Å². The van der Waals surface area contributed by atoms with Gasteiger partial charge in [0.05, 0.1) is 0 Å². The molecule has 1 aliphatic carbocycles. The van der Waals surface area contributed by atoms with Gasteiger partial charge in [0, 0.05) is 11.6 Å². The highest BCUT2D eigenvalue weighted by molar-refractivity contribution is 5.02. The fourth-order valence-corrected chi connectivity index (χ4v) is 3.08. The van der Waals surface area contributed by atoms with Gasteiger partial charge >= 0.3 is 0 Å². The van der Waals surface area contributed by atoms with Gasteiger partial charge in [-0.2, -0.15) is 0 Å². The van der Waals surface area contributed by atoms with Crippen molar-refractivity contribution in [1.29, 1.82) is 0 Å². The summed E-state index contributed by atoms with van der Waals surface area (Å²) in [7, 11) is 4.38. The minimum Gasteiger partial charge on any atom is -0.326 e. The van der Waals surface area contributed by atoms with Crippen LogP contribution >= 0.6 is 0 Å². The molecule has 100 valence electrons. The van der Waals surface area contributed by atoms with Crippen molar-refractivity contribution in [3.8, 4) is 0 Å². The molecule has 0 radical (unpaired) electrons. The summed E-state index contributed by atoms with van der Waals surface area (Å²) < 4.78 is 0. The normalized spacial score (nSPS) is 31.5. The first-order valence-electron chi connectivity index (χ1n) is 6.96. The molecule has 0 aromatic rings. The Morgan fingerprint density at radius 2 is 1.94 bits per heavy atom. The standard InChI is InChI=1S/C15H30N2/c1-12(2)6-7-14(16)15(17(4)5)10-8-13(3)9-11-15/h13-14H,1,6-11,16H2,2-5H3. The molecule has 0 aliphatic heterocycles. The van der Waals surface area contributed by atoms with Crippen LogP contribution < -0.4 is 5.73 Å². The predicted molar refractivity (Wildman–Crippen MR) is 76.1 cm³/mol. The minimum atomic E-state index is 0.224. The molecule has 1 atom stereocenters. The third-order valence-electron chi connectivity index (χ3n) is 4.60. The zero-order valence-electron chi connectivity index (χ0n) is 12.1. The molecule has 0 aromatic carbocycles. The van der Waals surface area contributed by atoms with Crippen LogP contribution in [0.2, 0.25) is 0 Å². The summed E-state index contributed by atoms with van der Waals surface area (Å²) in [6.07, 6.45) is 7.27. The molecule has 0 bridgehead atoms. The van der Waals surface area contributed by atoms with E-state index in [4.69, 9.17) is 5.73 Å². The molecule has 2 heteroatoms. The van der Waals surface area contributed by atoms with Gasteiger partial charge < -0.3 is 10.6 Å². The second kappa shape index (κ2) is 6.01. The van der Waals surface area contributed by atoms with Gasteiger partial charge in [0.1, 0.15) is 0 Å². The van der Waals surface area contributed by atoms with Crippen LogP contribution in [0.25, 0.3) is 0 Å². The first kappa shape index (κ1) is 14.7. The van der Waals surface area contributed by atoms with E-state index in [-0.39, 0.29) is 11.6 Å². The molecule has 2 nitrogen and oxygen atoms in total. The van der Waals surface area contributed by atoms with Crippen molar-refractivity contribution in [2.75, 3.05) is 14.1 Å². The van der Waals surface area contributed by atoms with Crippen LogP contribution in [0, 0.1) is 5.92 Å². The molecule has 0 aromatic heterocycles. The summed E-state index contributed by atoms with van der Waals surface area (Å²) in [5.41, 5.74) is 7.97. The molecule has 1 unspecified atom stereocenters. The van der Waals surface area contributed by atoms with Gasteiger partial charge in [-0.25, -0.2) is 0 Å². The first-order valence-corrected chi connectivity index (χ1v) is 6.96. The molecule has 1 saturated carbocycles. The van der Waals surface area contributed by atoms with Crippen molar-refractivity contribution in [1.82, 2.24) is 4.90 Å². The van der Waals surface area contributed by atoms with Crippen LogP contribution in [0.4, 0.5) is 0 Å². The fourth-order valence-electron chi connectivity index (χ4n) is 3.08. The van der Waals surface area contributed by atoms with Crippen molar-refractivity contribution < 1.29 is 0 Å². The lowest BCUT2D eigenvalue weighted by atomic mass is 9.71. The summed E-state index contributed by atoms with van der Waals surface area (Å²) in [5.74, 6) is 0.872. The number of nitrogens with two attached hydrogens (primary N) is 1. The fraction of sp³-hybridized carbons (Fsp3) is 0.867. The molecular formula is C15H30N2. The smallest absolute Gasteiger partial charge is 0.0354 e. The topological polar surface area (TPSA) is 29.3 Å². The number of nitrogens with zero attached hydrogens (tertiary/aromatic N) is 1. The Labute approximate surface area is 107 Å². The summed E-state index contributed by atoms with van der Waals surface area (Å²) >= 11 is 0. The Bertz CT molecular complexity index is 250. The number of rotatable bonds is 5. The summed E-state index contributed by atoms with van der Waals surface area (Å²) in [6, 6.07) is 0.279. The van der Waals surface area contributed by atoms with Gasteiger partial charge in [0.2, 0.25) is 0 Å². The van der Waals surface area contributed by atoms with Crippen LogP contribution in [-0.4, -0.2) is 30.6 Å². The first-order chi connectivity index (χ1) is 7.88. The van der Waals surface area contributed by atoms with Crippen LogP contribution in [-0.2, 0) is 0 Å². The molecule has 17 heavy (non-hydrogen) atoms. The van der Waals surface area contributed by atoms with Gasteiger partial charge in [-0.15, -0.1) is 6.58 Å². The third kappa shape index (κ3) is 3.56. The number of hydrogen-bond acceptors (Lipinski definition) is 2. The molecule has 1 fully saturated rings. The van der Waals surface area contributed by atoms with Crippen LogP contribution in [0.1, 0.15) is 52.4 Å². The van der Waals surface area contributed by atoms with E-state index >= 15 is 0 Å². The lowest BCUT2D eigenvalue weighted by Gasteiger charge is -2.48. The largest absolute Gasteiger partial charge is 0.326 e. The Hall–Kier alpha value is -0.340. The molecule has 0 heterocycles. The van der Waals surface area contributed by atoms with Gasteiger partial charge in [-0.3, -0.25) is 0 Å².